The van der Waals surface area contributed by atoms with Gasteiger partial charge in [0.25, 0.3) is 0 Å². The molecule has 0 amide bonds. The molecule has 1 aliphatic heterocycles. The third-order valence-corrected chi connectivity index (χ3v) is 8.48. The first kappa shape index (κ1) is 25.9. The van der Waals surface area contributed by atoms with E-state index in [2.05, 4.69) is 20.8 Å². The van der Waals surface area contributed by atoms with Gasteiger partial charge in [-0.3, -0.25) is 4.79 Å². The van der Waals surface area contributed by atoms with Crippen molar-refractivity contribution in [3.05, 3.63) is 88.4 Å². The number of benzene rings is 3. The lowest BCUT2D eigenvalue weighted by Crippen LogP contribution is -2.48. The number of sulfonamides is 1. The van der Waals surface area contributed by atoms with E-state index in [9.17, 15) is 13.2 Å². The van der Waals surface area contributed by atoms with Crippen LogP contribution in [0, 0.1) is 0 Å². The lowest BCUT2D eigenvalue weighted by molar-refractivity contribution is 0.104. The smallest absolute Gasteiger partial charge is 0.243 e. The molecule has 3 aromatic carbocycles. The molecule has 7 nitrogen and oxygen atoms in total. The average molecular weight is 571 g/mol. The monoisotopic (exact) mass is 570 g/mol. The van der Waals surface area contributed by atoms with Gasteiger partial charge in [0.2, 0.25) is 10.0 Å². The minimum absolute atomic E-state index is 0.109. The van der Waals surface area contributed by atoms with Crippen molar-refractivity contribution in [2.45, 2.75) is 4.90 Å². The highest BCUT2D eigenvalue weighted by atomic mass is 79.9. The predicted octanol–water partition coefficient (Wildman–Crippen LogP) is 4.87. The number of carbonyl (C=O) groups is 1. The Morgan fingerprint density at radius 3 is 2.11 bits per heavy atom. The fraction of sp³-hybridized carbons (Fsp3) is 0.222. The number of piperazine rings is 1. The first-order valence-corrected chi connectivity index (χ1v) is 13.6. The molecule has 188 valence electrons. The van der Waals surface area contributed by atoms with Gasteiger partial charge in [-0.1, -0.05) is 28.1 Å². The quantitative estimate of drug-likeness (QED) is 0.284. The molecule has 9 heteroatoms. The maximum atomic E-state index is 12.9. The van der Waals surface area contributed by atoms with Crippen molar-refractivity contribution in [3.63, 3.8) is 0 Å². The molecule has 0 spiro atoms. The Balaban J connectivity index is 1.37. The minimum Gasteiger partial charge on any atom is -0.493 e. The number of ketones is 1. The van der Waals surface area contributed by atoms with Crippen LogP contribution >= 0.6 is 15.9 Å². The summed E-state index contributed by atoms with van der Waals surface area (Å²) in [6.07, 6.45) is 3.27. The number of allylic oxidation sites excluding steroid dienone is 1. The van der Waals surface area contributed by atoms with Crippen LogP contribution in [0.4, 0.5) is 5.69 Å². The molecule has 36 heavy (non-hydrogen) atoms. The highest BCUT2D eigenvalue weighted by molar-refractivity contribution is 9.10. The molecule has 1 aliphatic rings. The van der Waals surface area contributed by atoms with Crippen molar-refractivity contribution >= 4 is 43.5 Å². The van der Waals surface area contributed by atoms with Gasteiger partial charge in [-0.2, -0.15) is 4.31 Å². The van der Waals surface area contributed by atoms with E-state index in [1.54, 1.807) is 62.8 Å². The molecule has 0 saturated carbocycles. The van der Waals surface area contributed by atoms with Crippen LogP contribution < -0.4 is 14.4 Å². The van der Waals surface area contributed by atoms with Crippen LogP contribution in [0.5, 0.6) is 11.5 Å². The molecular formula is C27H27BrN2O5S. The van der Waals surface area contributed by atoms with Gasteiger partial charge in [-0.25, -0.2) is 8.42 Å². The molecule has 1 heterocycles. The van der Waals surface area contributed by atoms with E-state index in [1.807, 2.05) is 24.3 Å². The zero-order chi connectivity index (χ0) is 25.7. The number of hydrogen-bond donors (Lipinski definition) is 0. The van der Waals surface area contributed by atoms with Crippen molar-refractivity contribution in [2.24, 2.45) is 0 Å². The number of halogens is 1. The summed E-state index contributed by atoms with van der Waals surface area (Å²) in [5.41, 5.74) is 2.36. The summed E-state index contributed by atoms with van der Waals surface area (Å²) >= 11 is 3.34. The normalized spacial score (nSPS) is 14.7. The molecule has 0 aliphatic carbocycles. The molecule has 0 atom stereocenters. The molecular weight excluding hydrogens is 544 g/mol. The number of ether oxygens (including phenoxy) is 2. The van der Waals surface area contributed by atoms with Crippen molar-refractivity contribution < 1.29 is 22.7 Å². The third-order valence-electron chi connectivity index (χ3n) is 6.04. The summed E-state index contributed by atoms with van der Waals surface area (Å²) in [5.74, 6) is 1.12. The van der Waals surface area contributed by atoms with Gasteiger partial charge < -0.3 is 14.4 Å². The number of hydrogen-bond acceptors (Lipinski definition) is 6. The largest absolute Gasteiger partial charge is 0.493 e. The predicted molar refractivity (Wildman–Crippen MR) is 144 cm³/mol. The standard InChI is InChI=1S/C27H27BrN2O5S/c1-34-26-14-4-20(19-27(26)35-2)3-13-25(31)21-5-9-23(10-6-21)29-15-17-30(18-16-29)36(32,33)24-11-7-22(28)8-12-24/h3-14,19H,15-18H2,1-2H3/b13-3+. The first-order valence-electron chi connectivity index (χ1n) is 11.4. The van der Waals surface area contributed by atoms with E-state index < -0.39 is 10.0 Å². The highest BCUT2D eigenvalue weighted by Gasteiger charge is 2.28. The van der Waals surface area contributed by atoms with Crippen molar-refractivity contribution in [2.75, 3.05) is 45.3 Å². The second-order valence-corrected chi connectivity index (χ2v) is 11.1. The molecule has 4 rings (SSSR count). The maximum absolute atomic E-state index is 12.9. The van der Waals surface area contributed by atoms with E-state index >= 15 is 0 Å². The SMILES string of the molecule is COc1ccc(/C=C/C(=O)c2ccc(N3CCN(S(=O)(=O)c4ccc(Br)cc4)CC3)cc2)cc1OC. The topological polar surface area (TPSA) is 76.2 Å². The molecule has 0 N–H and O–H groups in total. The van der Waals surface area contributed by atoms with Gasteiger partial charge >= 0.3 is 0 Å². The third kappa shape index (κ3) is 5.80. The number of anilines is 1. The molecule has 0 bridgehead atoms. The maximum Gasteiger partial charge on any atom is 0.243 e. The fourth-order valence-corrected chi connectivity index (χ4v) is 5.69. The van der Waals surface area contributed by atoms with Crippen LogP contribution in [-0.2, 0) is 10.0 Å². The van der Waals surface area contributed by atoms with Crippen LogP contribution in [0.25, 0.3) is 6.08 Å². The first-order chi connectivity index (χ1) is 17.3. The van der Waals surface area contributed by atoms with Crippen LogP contribution in [0.3, 0.4) is 0 Å². The molecule has 1 fully saturated rings. The van der Waals surface area contributed by atoms with Crippen molar-refractivity contribution in [1.82, 2.24) is 4.31 Å². The van der Waals surface area contributed by atoms with Crippen LogP contribution in [0.2, 0.25) is 0 Å². The molecule has 3 aromatic rings. The number of carbonyl (C=O) groups excluding carboxylic acids is 1. The van der Waals surface area contributed by atoms with Gasteiger partial charge in [0.1, 0.15) is 0 Å². The Bertz CT molecular complexity index is 1350. The highest BCUT2D eigenvalue weighted by Crippen LogP contribution is 2.28. The second-order valence-electron chi connectivity index (χ2n) is 8.20. The van der Waals surface area contributed by atoms with Gasteiger partial charge in [0, 0.05) is 41.9 Å². The van der Waals surface area contributed by atoms with E-state index in [1.165, 1.54) is 10.4 Å². The minimum atomic E-state index is -3.52. The van der Waals surface area contributed by atoms with E-state index in [4.69, 9.17) is 9.47 Å². The lowest BCUT2D eigenvalue weighted by Gasteiger charge is -2.35. The summed E-state index contributed by atoms with van der Waals surface area (Å²) in [6.45, 7) is 1.94. The lowest BCUT2D eigenvalue weighted by atomic mass is 10.1. The van der Waals surface area contributed by atoms with Crippen LogP contribution in [0.1, 0.15) is 15.9 Å². The molecule has 1 saturated heterocycles. The zero-order valence-electron chi connectivity index (χ0n) is 20.1. The van der Waals surface area contributed by atoms with E-state index in [0.29, 0.717) is 48.1 Å². The fourth-order valence-electron chi connectivity index (χ4n) is 4.00. The van der Waals surface area contributed by atoms with Crippen LogP contribution in [0.15, 0.2) is 82.2 Å². The van der Waals surface area contributed by atoms with E-state index in [0.717, 1.165) is 15.7 Å². The average Bonchev–Trinajstić information content (AvgIpc) is 2.92. The summed E-state index contributed by atoms with van der Waals surface area (Å²) in [4.78, 5) is 15.1. The Labute approximate surface area is 220 Å². The number of methoxy groups -OCH3 is 2. The Kier molecular flexibility index (Phi) is 8.13. The zero-order valence-corrected chi connectivity index (χ0v) is 22.5. The van der Waals surface area contributed by atoms with Gasteiger partial charge in [0.15, 0.2) is 17.3 Å². The van der Waals surface area contributed by atoms with Crippen molar-refractivity contribution in [3.8, 4) is 11.5 Å². The van der Waals surface area contributed by atoms with Crippen molar-refractivity contribution in [1.29, 1.82) is 0 Å². The van der Waals surface area contributed by atoms with Gasteiger partial charge in [0.05, 0.1) is 19.1 Å². The van der Waals surface area contributed by atoms with Gasteiger partial charge in [-0.15, -0.1) is 0 Å². The number of nitrogens with zero attached hydrogens (tertiary/aromatic N) is 2. The second kappa shape index (κ2) is 11.3. The summed E-state index contributed by atoms with van der Waals surface area (Å²) in [7, 11) is -0.377. The van der Waals surface area contributed by atoms with Gasteiger partial charge in [-0.05, 0) is 72.3 Å². The molecule has 0 radical (unpaired) electrons. The Morgan fingerprint density at radius 2 is 1.50 bits per heavy atom. The summed E-state index contributed by atoms with van der Waals surface area (Å²) in [5, 5.41) is 0. The molecule has 0 aromatic heterocycles. The summed E-state index contributed by atoms with van der Waals surface area (Å²) in [6, 6.07) is 19.5. The Hall–Kier alpha value is -3.14. The van der Waals surface area contributed by atoms with Crippen LogP contribution in [-0.4, -0.2) is 58.9 Å². The van der Waals surface area contributed by atoms with E-state index in [-0.39, 0.29) is 5.78 Å². The molecule has 0 unspecified atom stereocenters. The Morgan fingerprint density at radius 1 is 0.861 bits per heavy atom. The number of rotatable bonds is 8. The summed E-state index contributed by atoms with van der Waals surface area (Å²) < 4.78 is 38.8.